The zero-order chi connectivity index (χ0) is 13.8. The van der Waals surface area contributed by atoms with Crippen molar-refractivity contribution in [3.05, 3.63) is 51.7 Å². The maximum absolute atomic E-state index is 12.3. The third-order valence-electron chi connectivity index (χ3n) is 2.89. The Balaban J connectivity index is 2.46. The van der Waals surface area contributed by atoms with E-state index in [1.54, 1.807) is 17.5 Å². The first-order valence-corrected chi connectivity index (χ1v) is 6.72. The average Bonchev–Trinajstić information content (AvgIpc) is 2.93. The highest BCUT2D eigenvalue weighted by Gasteiger charge is 2.25. The number of nitriles is 1. The van der Waals surface area contributed by atoms with Gasteiger partial charge >= 0.3 is 0 Å². The lowest BCUT2D eigenvalue weighted by molar-refractivity contribution is 0.0978. The van der Waals surface area contributed by atoms with Gasteiger partial charge in [-0.2, -0.15) is 16.6 Å². The fraction of sp³-hybridized carbons (Fsp3) is 0.200. The summed E-state index contributed by atoms with van der Waals surface area (Å²) in [6.45, 7) is 1.92. The molecule has 0 radical (unpaired) electrons. The van der Waals surface area contributed by atoms with E-state index in [-0.39, 0.29) is 5.78 Å². The Morgan fingerprint density at radius 1 is 1.42 bits per heavy atom. The quantitative estimate of drug-likeness (QED) is 0.799. The molecule has 0 aliphatic rings. The van der Waals surface area contributed by atoms with Gasteiger partial charge in [-0.25, -0.2) is 0 Å². The van der Waals surface area contributed by atoms with E-state index in [1.165, 1.54) is 18.4 Å². The Labute approximate surface area is 116 Å². The van der Waals surface area contributed by atoms with Crippen LogP contribution in [0.2, 0.25) is 0 Å². The second kappa shape index (κ2) is 5.68. The van der Waals surface area contributed by atoms with Crippen LogP contribution >= 0.6 is 11.3 Å². The van der Waals surface area contributed by atoms with Crippen molar-refractivity contribution in [2.45, 2.75) is 12.8 Å². The summed E-state index contributed by atoms with van der Waals surface area (Å²) >= 11 is 1.44. The number of thiophene rings is 1. The number of carbonyl (C=O) groups excluding carboxylic acids is 1. The first-order chi connectivity index (χ1) is 9.17. The largest absolute Gasteiger partial charge is 0.496 e. The van der Waals surface area contributed by atoms with Crippen LogP contribution in [-0.2, 0) is 0 Å². The van der Waals surface area contributed by atoms with Crippen molar-refractivity contribution in [2.75, 3.05) is 7.11 Å². The number of ether oxygens (including phenoxy) is 1. The molecular formula is C15H13NO2S. The third kappa shape index (κ3) is 2.67. The van der Waals surface area contributed by atoms with Gasteiger partial charge in [-0.15, -0.1) is 0 Å². The molecule has 19 heavy (non-hydrogen) atoms. The van der Waals surface area contributed by atoms with Crippen LogP contribution in [0.25, 0.3) is 0 Å². The molecule has 1 aromatic heterocycles. The van der Waals surface area contributed by atoms with Gasteiger partial charge in [-0.1, -0.05) is 17.7 Å². The molecule has 0 amide bonds. The van der Waals surface area contributed by atoms with E-state index in [0.29, 0.717) is 16.9 Å². The number of hydrogen-bond acceptors (Lipinski definition) is 4. The summed E-state index contributed by atoms with van der Waals surface area (Å²) in [5, 5.41) is 12.9. The lowest BCUT2D eigenvalue weighted by atomic mass is 9.91. The van der Waals surface area contributed by atoms with E-state index < -0.39 is 5.92 Å². The number of Topliss-reactive ketones (excluding diaryl/α,β-unsaturated/α-hetero) is 1. The fourth-order valence-corrected chi connectivity index (χ4v) is 2.57. The van der Waals surface area contributed by atoms with Crippen molar-refractivity contribution < 1.29 is 9.53 Å². The van der Waals surface area contributed by atoms with Crippen molar-refractivity contribution in [3.8, 4) is 11.8 Å². The Hall–Kier alpha value is -2.12. The van der Waals surface area contributed by atoms with Crippen molar-refractivity contribution in [1.82, 2.24) is 0 Å². The molecule has 0 saturated carbocycles. The van der Waals surface area contributed by atoms with E-state index in [0.717, 1.165) is 5.56 Å². The third-order valence-corrected chi connectivity index (χ3v) is 3.58. The van der Waals surface area contributed by atoms with Crippen LogP contribution in [-0.4, -0.2) is 12.9 Å². The number of methoxy groups -OCH3 is 1. The molecule has 0 bridgehead atoms. The summed E-state index contributed by atoms with van der Waals surface area (Å²) in [6.07, 6.45) is 0. The van der Waals surface area contributed by atoms with Crippen molar-refractivity contribution in [2.24, 2.45) is 0 Å². The minimum Gasteiger partial charge on any atom is -0.496 e. The van der Waals surface area contributed by atoms with Gasteiger partial charge < -0.3 is 4.74 Å². The van der Waals surface area contributed by atoms with E-state index in [4.69, 9.17) is 4.74 Å². The van der Waals surface area contributed by atoms with Gasteiger partial charge in [-0.05, 0) is 24.4 Å². The molecule has 1 aromatic carbocycles. The predicted molar refractivity (Wildman–Crippen MR) is 74.7 cm³/mol. The molecule has 0 fully saturated rings. The summed E-state index contributed by atoms with van der Waals surface area (Å²) < 4.78 is 5.25. The monoisotopic (exact) mass is 271 g/mol. The van der Waals surface area contributed by atoms with E-state index >= 15 is 0 Å². The predicted octanol–water partition coefficient (Wildman–Crippen LogP) is 3.56. The summed E-state index contributed by atoms with van der Waals surface area (Å²) in [7, 11) is 1.54. The highest BCUT2D eigenvalue weighted by atomic mass is 32.1. The number of benzene rings is 1. The Morgan fingerprint density at radius 2 is 2.21 bits per heavy atom. The Bertz CT molecular complexity index is 626. The molecule has 0 aliphatic heterocycles. The van der Waals surface area contributed by atoms with Gasteiger partial charge in [0.15, 0.2) is 5.78 Å². The molecule has 1 heterocycles. The van der Waals surface area contributed by atoms with Crippen LogP contribution in [0.1, 0.15) is 27.4 Å². The molecule has 3 nitrogen and oxygen atoms in total. The summed E-state index contributed by atoms with van der Waals surface area (Å²) in [5.41, 5.74) is 2.19. The maximum atomic E-state index is 12.3. The summed E-state index contributed by atoms with van der Waals surface area (Å²) in [5.74, 6) is -0.446. The topological polar surface area (TPSA) is 50.1 Å². The van der Waals surface area contributed by atoms with Crippen LogP contribution in [0.4, 0.5) is 0 Å². The zero-order valence-corrected chi connectivity index (χ0v) is 11.5. The highest BCUT2D eigenvalue weighted by Crippen LogP contribution is 2.30. The summed E-state index contributed by atoms with van der Waals surface area (Å²) in [4.78, 5) is 12.3. The minimum atomic E-state index is -0.829. The number of aryl methyl sites for hydroxylation is 1. The average molecular weight is 271 g/mol. The molecule has 0 aliphatic carbocycles. The van der Waals surface area contributed by atoms with Gasteiger partial charge in [0.2, 0.25) is 0 Å². The van der Waals surface area contributed by atoms with Crippen molar-refractivity contribution >= 4 is 17.1 Å². The van der Waals surface area contributed by atoms with Crippen LogP contribution in [0, 0.1) is 18.3 Å². The van der Waals surface area contributed by atoms with Gasteiger partial charge in [-0.3, -0.25) is 4.79 Å². The Morgan fingerprint density at radius 3 is 2.79 bits per heavy atom. The normalized spacial score (nSPS) is 11.6. The molecule has 2 aromatic rings. The van der Waals surface area contributed by atoms with Gasteiger partial charge in [0.05, 0.1) is 13.2 Å². The number of hydrogen-bond donors (Lipinski definition) is 0. The zero-order valence-electron chi connectivity index (χ0n) is 10.7. The number of ketones is 1. The SMILES string of the molecule is COc1ccc(C)cc1C(C#N)C(=O)c1ccsc1. The lowest BCUT2D eigenvalue weighted by Crippen LogP contribution is -2.11. The van der Waals surface area contributed by atoms with Crippen LogP contribution in [0.15, 0.2) is 35.0 Å². The molecule has 1 atom stereocenters. The maximum Gasteiger partial charge on any atom is 0.185 e. The Kier molecular flexibility index (Phi) is 3.98. The number of carbonyl (C=O) groups is 1. The molecule has 2 rings (SSSR count). The molecule has 0 N–H and O–H groups in total. The molecule has 96 valence electrons. The second-order valence-electron chi connectivity index (χ2n) is 4.18. The van der Waals surface area contributed by atoms with E-state index in [2.05, 4.69) is 6.07 Å². The van der Waals surface area contributed by atoms with Gasteiger partial charge in [0.25, 0.3) is 0 Å². The van der Waals surface area contributed by atoms with Gasteiger partial charge in [0, 0.05) is 16.5 Å². The first kappa shape index (κ1) is 13.3. The highest BCUT2D eigenvalue weighted by molar-refractivity contribution is 7.08. The van der Waals surface area contributed by atoms with Crippen molar-refractivity contribution in [1.29, 1.82) is 5.26 Å². The van der Waals surface area contributed by atoms with Crippen LogP contribution < -0.4 is 4.74 Å². The number of nitrogens with zero attached hydrogens (tertiary/aromatic N) is 1. The van der Waals surface area contributed by atoms with Crippen molar-refractivity contribution in [3.63, 3.8) is 0 Å². The molecule has 4 heteroatoms. The van der Waals surface area contributed by atoms with Crippen LogP contribution in [0.3, 0.4) is 0 Å². The smallest absolute Gasteiger partial charge is 0.185 e. The first-order valence-electron chi connectivity index (χ1n) is 5.78. The second-order valence-corrected chi connectivity index (χ2v) is 4.96. The summed E-state index contributed by atoms with van der Waals surface area (Å²) in [6, 6.07) is 9.33. The molecule has 0 saturated heterocycles. The molecular weight excluding hydrogens is 258 g/mol. The van der Waals surface area contributed by atoms with E-state index in [1.807, 2.05) is 24.4 Å². The lowest BCUT2D eigenvalue weighted by Gasteiger charge is -2.13. The standard InChI is InChI=1S/C15H13NO2S/c1-10-3-4-14(18-2)12(7-10)13(8-16)15(17)11-5-6-19-9-11/h3-7,9,13H,1-2H3. The molecule has 0 spiro atoms. The number of rotatable bonds is 4. The van der Waals surface area contributed by atoms with Gasteiger partial charge in [0.1, 0.15) is 11.7 Å². The van der Waals surface area contributed by atoms with Crippen LogP contribution in [0.5, 0.6) is 5.75 Å². The fourth-order valence-electron chi connectivity index (χ4n) is 1.92. The minimum absolute atomic E-state index is 0.187. The van der Waals surface area contributed by atoms with E-state index in [9.17, 15) is 10.1 Å². The molecule has 1 unspecified atom stereocenters.